The quantitative estimate of drug-likeness (QED) is 0.346. The van der Waals surface area contributed by atoms with E-state index in [2.05, 4.69) is 30.7 Å². The van der Waals surface area contributed by atoms with Gasteiger partial charge in [0.25, 0.3) is 5.56 Å². The number of benzene rings is 2. The zero-order valence-electron chi connectivity index (χ0n) is 16.9. The number of allylic oxidation sites excluding steroid dienone is 1. The second kappa shape index (κ2) is 9.09. The summed E-state index contributed by atoms with van der Waals surface area (Å²) in [5.74, 6) is 0.171. The number of nitrogens with zero attached hydrogens (tertiary/aromatic N) is 2. The lowest BCUT2D eigenvalue weighted by atomic mass is 10.0. The van der Waals surface area contributed by atoms with E-state index in [1.807, 2.05) is 49.4 Å². The van der Waals surface area contributed by atoms with Crippen LogP contribution in [0.5, 0.6) is 0 Å². The fourth-order valence-corrected chi connectivity index (χ4v) is 4.01. The lowest BCUT2D eigenvalue weighted by Gasteiger charge is -2.17. The summed E-state index contributed by atoms with van der Waals surface area (Å²) in [7, 11) is 0. The van der Waals surface area contributed by atoms with Crippen molar-refractivity contribution in [1.82, 2.24) is 9.55 Å². The van der Waals surface area contributed by atoms with Crippen molar-refractivity contribution in [2.75, 3.05) is 5.32 Å². The fourth-order valence-electron chi connectivity index (χ4n) is 3.09. The van der Waals surface area contributed by atoms with Crippen LogP contribution >= 0.6 is 11.8 Å². The number of rotatable bonds is 7. The highest BCUT2D eigenvalue weighted by atomic mass is 32.2. The Labute approximate surface area is 174 Å². The van der Waals surface area contributed by atoms with Gasteiger partial charge in [0.1, 0.15) is 0 Å². The molecule has 0 spiro atoms. The van der Waals surface area contributed by atoms with E-state index in [1.54, 1.807) is 16.7 Å². The predicted octanol–water partition coefficient (Wildman–Crippen LogP) is 4.83. The number of hydrogen-bond donors (Lipinski definition) is 1. The van der Waals surface area contributed by atoms with Crippen molar-refractivity contribution in [3.8, 4) is 0 Å². The molecule has 2 aromatic carbocycles. The van der Waals surface area contributed by atoms with Crippen LogP contribution in [0.3, 0.4) is 0 Å². The summed E-state index contributed by atoms with van der Waals surface area (Å²) in [6.45, 7) is 10.1. The summed E-state index contributed by atoms with van der Waals surface area (Å²) in [4.78, 5) is 30.3. The fraction of sp³-hybridized carbons (Fsp3) is 0.261. The molecule has 29 heavy (non-hydrogen) atoms. The molecule has 0 bridgehead atoms. The topological polar surface area (TPSA) is 64.0 Å². The van der Waals surface area contributed by atoms with E-state index in [0.717, 1.165) is 11.3 Å². The Morgan fingerprint density at radius 3 is 2.59 bits per heavy atom. The molecule has 1 amide bonds. The summed E-state index contributed by atoms with van der Waals surface area (Å²) in [6, 6.07) is 15.0. The Kier molecular flexibility index (Phi) is 6.54. The minimum absolute atomic E-state index is 0.129. The lowest BCUT2D eigenvalue weighted by Crippen LogP contribution is -2.27. The molecule has 1 aromatic heterocycles. The first kappa shape index (κ1) is 20.9. The number of anilines is 1. The summed E-state index contributed by atoms with van der Waals surface area (Å²) in [5.41, 5.74) is 2.40. The van der Waals surface area contributed by atoms with Gasteiger partial charge in [0.15, 0.2) is 5.16 Å². The van der Waals surface area contributed by atoms with Crippen LogP contribution in [0.15, 0.2) is 71.1 Å². The minimum atomic E-state index is -0.431. The van der Waals surface area contributed by atoms with E-state index in [4.69, 9.17) is 0 Å². The zero-order chi connectivity index (χ0) is 21.0. The molecule has 3 aromatic rings. The Balaban J connectivity index is 1.88. The highest BCUT2D eigenvalue weighted by Gasteiger charge is 2.20. The molecule has 0 radical (unpaired) electrons. The molecule has 3 rings (SSSR count). The molecular weight excluding hydrogens is 382 g/mol. The molecular formula is C23H25N3O2S. The minimum Gasteiger partial charge on any atom is -0.325 e. The van der Waals surface area contributed by atoms with Crippen LogP contribution in [0.2, 0.25) is 0 Å². The number of thioether (sulfide) groups is 1. The number of carbonyl (C=O) groups excluding carboxylic acids is 1. The van der Waals surface area contributed by atoms with Gasteiger partial charge in [-0.3, -0.25) is 14.2 Å². The predicted molar refractivity (Wildman–Crippen MR) is 121 cm³/mol. The maximum Gasteiger partial charge on any atom is 0.262 e. The molecule has 1 heterocycles. The van der Waals surface area contributed by atoms with Crippen LogP contribution in [0.25, 0.3) is 10.9 Å². The first-order chi connectivity index (χ1) is 13.9. The third-order valence-corrected chi connectivity index (χ3v) is 5.72. The summed E-state index contributed by atoms with van der Waals surface area (Å²) >= 11 is 1.27. The van der Waals surface area contributed by atoms with E-state index >= 15 is 0 Å². The number of fused-ring (bicyclic) bond motifs is 1. The average molecular weight is 408 g/mol. The van der Waals surface area contributed by atoms with Gasteiger partial charge in [-0.25, -0.2) is 4.98 Å². The molecule has 0 saturated heterocycles. The third kappa shape index (κ3) is 4.59. The highest BCUT2D eigenvalue weighted by Crippen LogP contribution is 2.27. The standard InChI is InChI=1S/C23H25N3O2S/c1-5-14-26-22(28)18-11-7-9-13-20(18)25-23(26)29-16(4)21(27)24-19-12-8-6-10-17(19)15(2)3/h5-13,15-16H,1,14H2,2-4H3,(H,24,27)/t16-/m0/s1. The monoisotopic (exact) mass is 407 g/mol. The van der Waals surface area contributed by atoms with Gasteiger partial charge >= 0.3 is 0 Å². The number of carbonyl (C=O) groups is 1. The lowest BCUT2D eigenvalue weighted by molar-refractivity contribution is -0.115. The van der Waals surface area contributed by atoms with Gasteiger partial charge in [-0.2, -0.15) is 0 Å². The molecule has 6 heteroatoms. The van der Waals surface area contributed by atoms with Crippen LogP contribution < -0.4 is 10.9 Å². The number of nitrogens with one attached hydrogen (secondary N) is 1. The number of para-hydroxylation sites is 2. The first-order valence-electron chi connectivity index (χ1n) is 9.59. The number of amides is 1. The van der Waals surface area contributed by atoms with E-state index in [-0.39, 0.29) is 11.5 Å². The van der Waals surface area contributed by atoms with Crippen molar-refractivity contribution in [2.24, 2.45) is 0 Å². The maximum absolute atomic E-state index is 12.9. The second-order valence-electron chi connectivity index (χ2n) is 7.11. The molecule has 0 aliphatic carbocycles. The van der Waals surface area contributed by atoms with E-state index in [1.165, 1.54) is 11.8 Å². The van der Waals surface area contributed by atoms with Gasteiger partial charge in [0.05, 0.1) is 16.2 Å². The SMILES string of the molecule is C=CCn1c(S[C@@H](C)C(=O)Nc2ccccc2C(C)C)nc2ccccc2c1=O. The zero-order valence-corrected chi connectivity index (χ0v) is 17.7. The van der Waals surface area contributed by atoms with Crippen LogP contribution in [0, 0.1) is 0 Å². The summed E-state index contributed by atoms with van der Waals surface area (Å²) in [6.07, 6.45) is 1.66. The van der Waals surface area contributed by atoms with Gasteiger partial charge < -0.3 is 5.32 Å². The van der Waals surface area contributed by atoms with Crippen LogP contribution in [-0.2, 0) is 11.3 Å². The second-order valence-corrected chi connectivity index (χ2v) is 8.42. The van der Waals surface area contributed by atoms with E-state index in [9.17, 15) is 9.59 Å². The summed E-state index contributed by atoms with van der Waals surface area (Å²) in [5, 5.41) is 3.65. The van der Waals surface area contributed by atoms with Gasteiger partial charge in [0, 0.05) is 12.2 Å². The average Bonchev–Trinajstić information content (AvgIpc) is 2.71. The van der Waals surface area contributed by atoms with Crippen LogP contribution in [0.1, 0.15) is 32.3 Å². The van der Waals surface area contributed by atoms with Crippen molar-refractivity contribution in [1.29, 1.82) is 0 Å². The van der Waals surface area contributed by atoms with Crippen molar-refractivity contribution in [2.45, 2.75) is 43.6 Å². The van der Waals surface area contributed by atoms with E-state index in [0.29, 0.717) is 28.5 Å². The van der Waals surface area contributed by atoms with Gasteiger partial charge in [-0.05, 0) is 36.6 Å². The molecule has 0 saturated carbocycles. The molecule has 1 N–H and O–H groups in total. The largest absolute Gasteiger partial charge is 0.325 e. The Hall–Kier alpha value is -2.86. The molecule has 0 aliphatic rings. The van der Waals surface area contributed by atoms with Gasteiger partial charge in [-0.15, -0.1) is 6.58 Å². The number of hydrogen-bond acceptors (Lipinski definition) is 4. The summed E-state index contributed by atoms with van der Waals surface area (Å²) < 4.78 is 1.56. The van der Waals surface area contributed by atoms with Crippen molar-refractivity contribution in [3.05, 3.63) is 77.1 Å². The van der Waals surface area contributed by atoms with Gasteiger partial charge in [-0.1, -0.05) is 62.0 Å². The first-order valence-corrected chi connectivity index (χ1v) is 10.5. The van der Waals surface area contributed by atoms with Gasteiger partial charge in [0.2, 0.25) is 5.91 Å². The highest BCUT2D eigenvalue weighted by molar-refractivity contribution is 8.00. The molecule has 5 nitrogen and oxygen atoms in total. The molecule has 0 fully saturated rings. The Morgan fingerprint density at radius 2 is 1.86 bits per heavy atom. The Bertz CT molecular complexity index is 1100. The van der Waals surface area contributed by atoms with E-state index < -0.39 is 5.25 Å². The van der Waals surface area contributed by atoms with Crippen molar-refractivity contribution in [3.63, 3.8) is 0 Å². The smallest absolute Gasteiger partial charge is 0.262 e. The molecule has 150 valence electrons. The Morgan fingerprint density at radius 1 is 1.17 bits per heavy atom. The van der Waals surface area contributed by atoms with Crippen molar-refractivity contribution < 1.29 is 4.79 Å². The third-order valence-electron chi connectivity index (χ3n) is 4.63. The maximum atomic E-state index is 12.9. The normalized spacial score (nSPS) is 12.1. The molecule has 1 atom stereocenters. The van der Waals surface area contributed by atoms with Crippen molar-refractivity contribution >= 4 is 34.3 Å². The number of aromatic nitrogens is 2. The molecule has 0 aliphatic heterocycles. The van der Waals surface area contributed by atoms with Crippen LogP contribution in [-0.4, -0.2) is 20.7 Å². The van der Waals surface area contributed by atoms with Crippen LogP contribution in [0.4, 0.5) is 5.69 Å². The molecule has 0 unspecified atom stereocenters.